The maximum atomic E-state index is 5.04. The molecule has 0 spiro atoms. The smallest absolute Gasteiger partial charge is 0.0315 e. The molecule has 0 saturated carbocycles. The van der Waals surface area contributed by atoms with E-state index in [2.05, 4.69) is 18.2 Å². The van der Waals surface area contributed by atoms with E-state index in [1.165, 1.54) is 11.1 Å². The molecule has 0 saturated heterocycles. The summed E-state index contributed by atoms with van der Waals surface area (Å²) >= 11 is 5.04. The second-order valence-electron chi connectivity index (χ2n) is 2.51. The monoisotopic (exact) mass is 159 g/mol. The predicted molar refractivity (Wildman–Crippen MR) is 51.5 cm³/mol. The van der Waals surface area contributed by atoms with Crippen molar-refractivity contribution in [1.29, 1.82) is 0 Å². The molecule has 0 nitrogen and oxygen atoms in total. The van der Waals surface area contributed by atoms with Crippen LogP contribution >= 0.6 is 12.2 Å². The van der Waals surface area contributed by atoms with E-state index in [0.29, 0.717) is 0 Å². The van der Waals surface area contributed by atoms with Crippen LogP contribution < -0.4 is 0 Å². The van der Waals surface area contributed by atoms with Crippen LogP contribution in [0, 0.1) is 6.42 Å². The lowest BCUT2D eigenvalue weighted by Gasteiger charge is -2.08. The third kappa shape index (κ3) is 1.24. The van der Waals surface area contributed by atoms with Crippen molar-refractivity contribution in [3.63, 3.8) is 0 Å². The van der Waals surface area contributed by atoms with E-state index in [0.717, 1.165) is 4.86 Å². The molecule has 0 aliphatic heterocycles. The number of hydrogen-bond acceptors (Lipinski definition) is 1. The van der Waals surface area contributed by atoms with Crippen LogP contribution in [0.3, 0.4) is 0 Å². The fourth-order valence-corrected chi connectivity index (χ4v) is 1.36. The van der Waals surface area contributed by atoms with Gasteiger partial charge < -0.3 is 0 Å². The molecule has 0 N–H and O–H groups in total. The highest BCUT2D eigenvalue weighted by atomic mass is 32.1. The molecule has 53 valence electrons. The van der Waals surface area contributed by atoms with Gasteiger partial charge in [-0.25, -0.2) is 0 Å². The molecule has 1 aliphatic rings. The van der Waals surface area contributed by atoms with Gasteiger partial charge in [-0.2, -0.15) is 0 Å². The predicted octanol–water partition coefficient (Wildman–Crippen LogP) is 2.64. The van der Waals surface area contributed by atoms with Crippen LogP contribution in [0.2, 0.25) is 0 Å². The molecule has 0 aromatic heterocycles. The first-order valence-corrected chi connectivity index (χ1v) is 3.93. The summed E-state index contributed by atoms with van der Waals surface area (Å²) in [6.07, 6.45) is 6.03. The maximum absolute atomic E-state index is 5.04. The zero-order valence-corrected chi connectivity index (χ0v) is 6.77. The van der Waals surface area contributed by atoms with Gasteiger partial charge in [0.25, 0.3) is 0 Å². The Bertz CT molecular complexity index is 323. The van der Waals surface area contributed by atoms with Crippen LogP contribution in [0.1, 0.15) is 11.1 Å². The Labute approximate surface area is 71.6 Å². The number of fused-ring (bicyclic) bond motifs is 1. The number of benzene rings is 1. The minimum absolute atomic E-state index is 0.906. The van der Waals surface area contributed by atoms with Gasteiger partial charge in [0.15, 0.2) is 0 Å². The van der Waals surface area contributed by atoms with Crippen LogP contribution in [-0.2, 0) is 0 Å². The molecule has 1 aromatic rings. The summed E-state index contributed by atoms with van der Waals surface area (Å²) in [6, 6.07) is 8.22. The Morgan fingerprint density at radius 3 is 2.45 bits per heavy atom. The molecule has 1 aliphatic carbocycles. The molecule has 0 atom stereocenters. The maximum Gasteiger partial charge on any atom is 0.0315 e. The van der Waals surface area contributed by atoms with Gasteiger partial charge in [0, 0.05) is 11.3 Å². The molecule has 1 radical (unpaired) electrons. The summed E-state index contributed by atoms with van der Waals surface area (Å²) < 4.78 is 0. The molecular weight excluding hydrogens is 152 g/mol. The number of hydrogen-bond donors (Lipinski definition) is 0. The van der Waals surface area contributed by atoms with E-state index < -0.39 is 0 Å². The van der Waals surface area contributed by atoms with Crippen LogP contribution in [0.4, 0.5) is 0 Å². The summed E-state index contributed by atoms with van der Waals surface area (Å²) in [4.78, 5) is 0.906. The van der Waals surface area contributed by atoms with Crippen LogP contribution in [0.5, 0.6) is 0 Å². The lowest BCUT2D eigenvalue weighted by Crippen LogP contribution is -1.99. The average Bonchev–Trinajstić information content (AvgIpc) is 2.04. The van der Waals surface area contributed by atoms with Crippen molar-refractivity contribution < 1.29 is 0 Å². The largest absolute Gasteiger partial charge is 0.0842 e. The normalized spacial score (nSPS) is 14.7. The summed E-state index contributed by atoms with van der Waals surface area (Å²) in [5.41, 5.74) is 2.47. The molecule has 0 amide bonds. The van der Waals surface area contributed by atoms with Crippen molar-refractivity contribution in [2.45, 2.75) is 0 Å². The summed E-state index contributed by atoms with van der Waals surface area (Å²) in [5, 5.41) is 0. The van der Waals surface area contributed by atoms with Crippen molar-refractivity contribution in [3.05, 3.63) is 47.9 Å². The quantitative estimate of drug-likeness (QED) is 0.524. The second kappa shape index (κ2) is 2.59. The van der Waals surface area contributed by atoms with Gasteiger partial charge in [0.1, 0.15) is 0 Å². The van der Waals surface area contributed by atoms with Gasteiger partial charge >= 0.3 is 0 Å². The highest BCUT2D eigenvalue weighted by molar-refractivity contribution is 7.81. The van der Waals surface area contributed by atoms with Crippen LogP contribution in [-0.4, -0.2) is 4.86 Å². The molecule has 0 bridgehead atoms. The van der Waals surface area contributed by atoms with Crippen molar-refractivity contribution in [2.75, 3.05) is 0 Å². The average molecular weight is 159 g/mol. The zero-order valence-electron chi connectivity index (χ0n) is 5.95. The number of thiocarbonyl (C=S) groups is 1. The second-order valence-corrected chi connectivity index (χ2v) is 2.98. The van der Waals surface area contributed by atoms with Crippen molar-refractivity contribution >= 4 is 23.2 Å². The Balaban J connectivity index is 2.54. The van der Waals surface area contributed by atoms with Gasteiger partial charge in [-0.15, -0.1) is 0 Å². The minimum Gasteiger partial charge on any atom is -0.0842 e. The third-order valence-electron chi connectivity index (χ3n) is 1.72. The third-order valence-corrected chi connectivity index (χ3v) is 1.97. The van der Waals surface area contributed by atoms with Crippen LogP contribution in [0.15, 0.2) is 30.3 Å². The van der Waals surface area contributed by atoms with E-state index in [4.69, 9.17) is 12.2 Å². The van der Waals surface area contributed by atoms with Gasteiger partial charge in [0.05, 0.1) is 0 Å². The van der Waals surface area contributed by atoms with E-state index >= 15 is 0 Å². The first-order valence-electron chi connectivity index (χ1n) is 3.52. The van der Waals surface area contributed by atoms with Crippen molar-refractivity contribution in [1.82, 2.24) is 0 Å². The van der Waals surface area contributed by atoms with Crippen molar-refractivity contribution in [2.24, 2.45) is 0 Å². The Morgan fingerprint density at radius 1 is 0.909 bits per heavy atom. The van der Waals surface area contributed by atoms with E-state index in [1.807, 2.05) is 24.6 Å². The van der Waals surface area contributed by atoms with E-state index in [1.54, 1.807) is 0 Å². The summed E-state index contributed by atoms with van der Waals surface area (Å²) in [5.74, 6) is 0. The number of rotatable bonds is 0. The Kier molecular flexibility index (Phi) is 1.59. The molecule has 0 fully saturated rings. The molecular formula is C10H7S. The highest BCUT2D eigenvalue weighted by Gasteiger charge is 2.05. The summed E-state index contributed by atoms with van der Waals surface area (Å²) in [6.45, 7) is 0. The molecule has 11 heavy (non-hydrogen) atoms. The van der Waals surface area contributed by atoms with Crippen LogP contribution in [0.25, 0.3) is 6.08 Å². The molecule has 1 aromatic carbocycles. The van der Waals surface area contributed by atoms with E-state index in [-0.39, 0.29) is 0 Å². The zero-order chi connectivity index (χ0) is 7.68. The highest BCUT2D eigenvalue weighted by Crippen LogP contribution is 2.18. The standard InChI is InChI=1S/C10H7S/c11-10-6-5-8-3-1-2-4-9(8)7-10/h1-7H. The number of allylic oxidation sites excluding steroid dienone is 1. The van der Waals surface area contributed by atoms with Crippen molar-refractivity contribution in [3.8, 4) is 0 Å². The fourth-order valence-electron chi connectivity index (χ4n) is 1.17. The molecule has 0 heterocycles. The molecule has 2 rings (SSSR count). The van der Waals surface area contributed by atoms with Gasteiger partial charge in [-0.1, -0.05) is 42.6 Å². The Morgan fingerprint density at radius 2 is 1.64 bits per heavy atom. The first-order chi connectivity index (χ1) is 5.36. The van der Waals surface area contributed by atoms with Gasteiger partial charge in [-0.05, 0) is 17.2 Å². The van der Waals surface area contributed by atoms with E-state index in [9.17, 15) is 0 Å². The fraction of sp³-hybridized carbons (Fsp3) is 0. The molecule has 1 heteroatoms. The lowest BCUT2D eigenvalue weighted by molar-refractivity contribution is 1.52. The first kappa shape index (κ1) is 6.74. The topological polar surface area (TPSA) is 0 Å². The Hall–Kier alpha value is -0.950. The van der Waals surface area contributed by atoms with Gasteiger partial charge in [0.2, 0.25) is 0 Å². The molecule has 0 unspecified atom stereocenters. The lowest BCUT2D eigenvalue weighted by atomic mass is 9.98. The summed E-state index contributed by atoms with van der Waals surface area (Å²) in [7, 11) is 0. The van der Waals surface area contributed by atoms with Gasteiger partial charge in [-0.3, -0.25) is 0 Å². The minimum atomic E-state index is 0.906. The SMILES string of the molecule is S=C1[CH]c2ccccc2C=C1.